The lowest BCUT2D eigenvalue weighted by Gasteiger charge is -2.27. The number of alkyl halides is 4. The topological polar surface area (TPSA) is 560 Å². The second-order valence-corrected chi connectivity index (χ2v) is 35.5. The number of ether oxygens (including phenoxy) is 5. The Morgan fingerprint density at radius 1 is 0.524 bits per heavy atom. The molecule has 6 aliphatic rings. The molecule has 23 atom stereocenters. The third kappa shape index (κ3) is 15.0. The number of aromatic amines is 1. The maximum Gasteiger partial charge on any atom is 0.386 e. The Balaban J connectivity index is 0.690. The van der Waals surface area contributed by atoms with Crippen molar-refractivity contribution >= 4 is 144 Å². The van der Waals surface area contributed by atoms with E-state index in [4.69, 9.17) is 82.8 Å². The van der Waals surface area contributed by atoms with Crippen LogP contribution in [-0.4, -0.2) is 220 Å². The molecule has 0 saturated carbocycles. The molecule has 568 valence electrons. The lowest BCUT2D eigenvalue weighted by Crippen LogP contribution is -2.42. The molecule has 14 rings (SSSR count). The van der Waals surface area contributed by atoms with Crippen LogP contribution in [0.3, 0.4) is 0 Å². The van der Waals surface area contributed by atoms with Gasteiger partial charge in [0.2, 0.25) is 0 Å². The second-order valence-electron chi connectivity index (χ2n) is 24.0. The summed E-state index contributed by atoms with van der Waals surface area (Å²) in [5, 5.41) is 24.1. The summed E-state index contributed by atoms with van der Waals surface area (Å²) in [6.07, 6.45) is -27.2. The zero-order valence-corrected chi connectivity index (χ0v) is 60.4. The number of aliphatic hydroxyl groups is 2. The Labute approximate surface area is 605 Å². The van der Waals surface area contributed by atoms with E-state index in [2.05, 4.69) is 114 Å². The van der Waals surface area contributed by atoms with Crippen molar-refractivity contribution < 1.29 is 106 Å². The standard InChI is InChI=1S/C50H60F4N22O21P4S4/c1-17-3-72(50(80)71-45(17)79)24-2-18(78)20(89-24)5-85-98(81,102)95-34-22(92-47(26(34)52)74-14-68-30-38(56)60-10-64-42(30)74)7-87-100(83,104)97-36-23(93-49(28(36)54)76-16-70-32-40(58)62-12-66-44(32)76)8-88-101(84,105)96-35-21(91-48(27(35)53)75-15-69-31-39(57)61-11-65-43(31)75)6-86-99(82,103)94-33-19(4-77)90-46(25(33)51)73-13-67-29-37(55)59-9-63-41(29)73/h3,9-14,16,18-28,33-36,46-49,69,77-78H,2,4-8,15H2,1H3,(H,81,102)(H,82,103)(H,83,104)(H,84,105)(H2,55,59,63)(H2,56,60,64)(H2,57,61,65)(H2,58,62,66)(H,71,79,80)/t18-,19+,20+,21+,22+,23?,24+,25+,26+,27+,28+,33+,34+,35+,36+,46+,47+,48+,49+,98?,99?,100?,101?/m0/s1. The van der Waals surface area contributed by atoms with Gasteiger partial charge in [0.15, 0.2) is 95.6 Å². The molecule has 43 nitrogen and oxygen atoms in total. The number of aromatic nitrogens is 16. The van der Waals surface area contributed by atoms with Crippen LogP contribution >= 0.6 is 76.2 Å². The maximum atomic E-state index is 17.5. The minimum absolute atomic E-state index is 0.000709. The summed E-state index contributed by atoms with van der Waals surface area (Å²) in [7, 11) is 0. The van der Waals surface area contributed by atoms with Gasteiger partial charge in [0.25, 0.3) is 5.56 Å². The van der Waals surface area contributed by atoms with Gasteiger partial charge in [0.1, 0.15) is 109 Å². The molecule has 8 aromatic heterocycles. The first kappa shape index (κ1) is 75.5. The Morgan fingerprint density at radius 2 is 0.895 bits per heavy atom. The highest BCUT2D eigenvalue weighted by atomic mass is 32.7. The van der Waals surface area contributed by atoms with E-state index in [1.165, 1.54) is 18.0 Å². The fourth-order valence-corrected chi connectivity index (χ4v) is 18.3. The Bertz CT molecular complexity index is 4940. The number of nitrogens with zero attached hydrogens (tertiary/aromatic N) is 16. The number of rotatable bonds is 26. The number of anilines is 6. The molecule has 0 radical (unpaired) electrons. The van der Waals surface area contributed by atoms with Gasteiger partial charge in [-0.1, -0.05) is 49.0 Å². The number of halogens is 4. The molecule has 6 aliphatic heterocycles. The Hall–Kier alpha value is -6.35. The summed E-state index contributed by atoms with van der Waals surface area (Å²) in [6, 6.07) is 0. The molecule has 12 N–H and O–H groups in total. The van der Waals surface area contributed by atoms with E-state index in [-0.39, 0.29) is 86.9 Å². The van der Waals surface area contributed by atoms with Crippen LogP contribution in [0.15, 0.2) is 60.1 Å². The van der Waals surface area contributed by atoms with E-state index in [1.54, 1.807) is 0 Å². The van der Waals surface area contributed by atoms with Crippen molar-refractivity contribution in [3.8, 4) is 0 Å². The minimum Gasteiger partial charge on any atom is -0.394 e. The average Bonchev–Trinajstić information content (AvgIpc) is 1.63. The number of nitrogens with one attached hydrogen (secondary N) is 2. The normalized spacial score (nSPS) is 32.1. The molecule has 0 aliphatic carbocycles. The fourth-order valence-electron chi connectivity index (χ4n) is 12.4. The third-order valence-corrected chi connectivity index (χ3v) is 23.8. The van der Waals surface area contributed by atoms with Gasteiger partial charge >= 0.3 is 32.9 Å². The molecule has 5 unspecified atom stereocenters. The summed E-state index contributed by atoms with van der Waals surface area (Å²) in [5.74, 6) is -0.327. The van der Waals surface area contributed by atoms with Gasteiger partial charge in [0, 0.05) is 18.2 Å². The number of fused-ring (bicyclic) bond motifs is 4. The van der Waals surface area contributed by atoms with Crippen LogP contribution in [0.2, 0.25) is 0 Å². The molecule has 5 saturated heterocycles. The molecule has 105 heavy (non-hydrogen) atoms. The number of imidazole rings is 3. The molecular formula is C50H60F4N22O21P4S4. The van der Waals surface area contributed by atoms with Gasteiger partial charge in [0.05, 0.1) is 64.8 Å². The van der Waals surface area contributed by atoms with Gasteiger partial charge in [-0.25, -0.2) is 95.4 Å². The molecule has 8 aromatic rings. The number of nitrogen functional groups attached to an aromatic ring is 4. The first-order valence-electron chi connectivity index (χ1n) is 30.8. The highest BCUT2D eigenvalue weighted by molar-refractivity contribution is 8.45. The summed E-state index contributed by atoms with van der Waals surface area (Å²) in [5.41, 5.74) is 22.7. The third-order valence-electron chi connectivity index (χ3n) is 17.4. The van der Waals surface area contributed by atoms with Crippen molar-refractivity contribution in [2.45, 2.75) is 130 Å². The second kappa shape index (κ2) is 29.6. The van der Waals surface area contributed by atoms with Crippen LogP contribution in [-0.2, 0) is 78.1 Å². The van der Waals surface area contributed by atoms with Crippen LogP contribution in [0.1, 0.15) is 36.9 Å². The van der Waals surface area contributed by atoms with Crippen molar-refractivity contribution in [1.82, 2.24) is 78.1 Å². The lowest BCUT2D eigenvalue weighted by molar-refractivity contribution is -0.0519. The smallest absolute Gasteiger partial charge is 0.386 e. The van der Waals surface area contributed by atoms with Gasteiger partial charge < -0.3 is 67.0 Å². The van der Waals surface area contributed by atoms with Crippen molar-refractivity contribution in [3.05, 3.63) is 76.9 Å². The van der Waals surface area contributed by atoms with Crippen LogP contribution < -0.4 is 44.4 Å². The molecule has 55 heteroatoms. The van der Waals surface area contributed by atoms with Crippen LogP contribution in [0.5, 0.6) is 0 Å². The molecule has 0 spiro atoms. The number of thiol groups is 4. The van der Waals surface area contributed by atoms with E-state index in [9.17, 15) is 38.1 Å². The number of aliphatic hydroxyl groups excluding tert-OH is 2. The predicted molar refractivity (Wildman–Crippen MR) is 364 cm³/mol. The quantitative estimate of drug-likeness (QED) is 0.0210. The van der Waals surface area contributed by atoms with Crippen LogP contribution in [0.25, 0.3) is 33.5 Å². The largest absolute Gasteiger partial charge is 0.394 e. The monoisotopic (exact) mass is 1630 g/mol. The predicted octanol–water partition coefficient (Wildman–Crippen LogP) is 2.54. The maximum absolute atomic E-state index is 17.5. The fraction of sp³-hybridized carbons (Fsp3) is 0.540. The summed E-state index contributed by atoms with van der Waals surface area (Å²) >= 11 is 16.4. The zero-order chi connectivity index (χ0) is 74.5. The number of aryl methyl sites for hydroxylation is 1. The average molecular weight is 1630 g/mol. The van der Waals surface area contributed by atoms with Gasteiger partial charge in [-0.05, 0) is 6.92 Å². The van der Waals surface area contributed by atoms with Gasteiger partial charge in [-0.2, -0.15) is 0 Å². The van der Waals surface area contributed by atoms with E-state index < -0.39 is 188 Å². The minimum atomic E-state index is -5.13. The molecule has 14 heterocycles. The molecular weight excluding hydrogens is 1570 g/mol. The van der Waals surface area contributed by atoms with Crippen molar-refractivity contribution in [3.63, 3.8) is 0 Å². The number of hydrogen-bond acceptors (Lipinski definition) is 38. The Morgan fingerprint density at radius 3 is 1.32 bits per heavy atom. The first-order chi connectivity index (χ1) is 49.9. The summed E-state index contributed by atoms with van der Waals surface area (Å²) in [4.78, 5) is 72.6. The van der Waals surface area contributed by atoms with Gasteiger partial charge in [-0.15, -0.1) is 0 Å². The van der Waals surface area contributed by atoms with E-state index in [1.807, 2.05) is 0 Å². The number of nitrogens with two attached hydrogens (primary N) is 4. The lowest BCUT2D eigenvalue weighted by atomic mass is 10.1. The van der Waals surface area contributed by atoms with Gasteiger partial charge in [-0.3, -0.25) is 64.2 Å². The highest BCUT2D eigenvalue weighted by Gasteiger charge is 2.57. The van der Waals surface area contributed by atoms with Crippen molar-refractivity contribution in [1.29, 1.82) is 0 Å². The van der Waals surface area contributed by atoms with Crippen molar-refractivity contribution in [2.24, 2.45) is 0 Å². The summed E-state index contributed by atoms with van der Waals surface area (Å²) in [6.45, 7) is -23.6. The zero-order valence-electron chi connectivity index (χ0n) is 53.2. The van der Waals surface area contributed by atoms with E-state index in [0.29, 0.717) is 0 Å². The SMILES string of the molecule is Cc1cn([C@H]2C[C@H](O)[C@@H](COP(=O)(S)O[C@H]3[C@@H](F)[C@H](n4cnc5c(N)ncnc54)O[C@@H]3COP(=O)(S)O[C@@H]3C(COP(=O)(S)O[C@H]4[C@@H](F)[C@H](N5CNc6c(N)ncnc65)O[C@@H]4COP(=O)(S)O[C@H]4[C@@H](F)[C@H](n5cnc6c(N)ncnc65)O[C@@H]4CO)O[C@@H](n4cnc5c(N)ncnc54)[C@@H]3F)O2)c(=O)[nH]c1=O. The van der Waals surface area contributed by atoms with Crippen LogP contribution in [0, 0.1) is 6.92 Å². The van der Waals surface area contributed by atoms with Crippen molar-refractivity contribution in [2.75, 3.05) is 72.9 Å². The highest BCUT2D eigenvalue weighted by Crippen LogP contribution is 2.62. The first-order valence-corrected chi connectivity index (χ1v) is 41.6. The van der Waals surface area contributed by atoms with Crippen LogP contribution in [0.4, 0.5) is 52.3 Å². The molecule has 0 aromatic carbocycles. The summed E-state index contributed by atoms with van der Waals surface area (Å²) < 4.78 is 206. The van der Waals surface area contributed by atoms with E-state index in [0.717, 1.165) is 62.6 Å². The number of H-pyrrole nitrogens is 1. The molecule has 0 bridgehead atoms. The molecule has 5 fully saturated rings. The van der Waals surface area contributed by atoms with E-state index >= 15 is 17.6 Å². The Kier molecular flexibility index (Phi) is 21.2. The number of hydrogen-bond donors (Lipinski definition) is 12. The molecule has 0 amide bonds.